The van der Waals surface area contributed by atoms with Crippen molar-refractivity contribution >= 4 is 17.3 Å². The van der Waals surface area contributed by atoms with Gasteiger partial charge in [0.2, 0.25) is 0 Å². The van der Waals surface area contributed by atoms with Gasteiger partial charge in [0.05, 0.1) is 17.9 Å². The molecule has 1 N–H and O–H groups in total. The van der Waals surface area contributed by atoms with Gasteiger partial charge < -0.3 is 5.32 Å². The van der Waals surface area contributed by atoms with Crippen LogP contribution in [-0.2, 0) is 13.5 Å². The Kier molecular flexibility index (Phi) is 4.39. The number of rotatable bonds is 5. The smallest absolute Gasteiger partial charge is 0.287 e. The normalized spacial score (nSPS) is 11.1. The van der Waals surface area contributed by atoms with Crippen molar-refractivity contribution in [2.75, 3.05) is 11.9 Å². The number of nitrogens with zero attached hydrogens (tertiary/aromatic N) is 5. The van der Waals surface area contributed by atoms with Crippen molar-refractivity contribution < 1.29 is 0 Å². The lowest BCUT2D eigenvalue weighted by Crippen LogP contribution is -2.26. The number of hydrogen-bond donors (Lipinski definition) is 1. The molecule has 2 aromatic rings. The average Bonchev–Trinajstić information content (AvgIpc) is 2.80. The molecule has 0 atom stereocenters. The van der Waals surface area contributed by atoms with Crippen LogP contribution in [0, 0.1) is 0 Å². The molecule has 0 radical (unpaired) electrons. The molecular weight excluding hydrogens is 280 g/mol. The fraction of sp³-hybridized carbons (Fsp3) is 0.500. The molecule has 2 rings (SSSR count). The average molecular weight is 297 g/mol. The Morgan fingerprint density at radius 1 is 1.45 bits per heavy atom. The van der Waals surface area contributed by atoms with Gasteiger partial charge in [0, 0.05) is 20.0 Å². The molecular formula is C12H17ClN6O. The second-order valence-electron chi connectivity index (χ2n) is 4.73. The lowest BCUT2D eigenvalue weighted by molar-refractivity contribution is 0.503. The van der Waals surface area contributed by atoms with Gasteiger partial charge >= 0.3 is 0 Å². The van der Waals surface area contributed by atoms with Gasteiger partial charge in [-0.15, -0.1) is 0 Å². The summed E-state index contributed by atoms with van der Waals surface area (Å²) in [5.74, 6) is 0.736. The third-order valence-electron chi connectivity index (χ3n) is 2.74. The Morgan fingerprint density at radius 2 is 2.20 bits per heavy atom. The van der Waals surface area contributed by atoms with Crippen molar-refractivity contribution in [3.63, 3.8) is 0 Å². The number of aromatic nitrogens is 5. The maximum absolute atomic E-state index is 12.0. The van der Waals surface area contributed by atoms with E-state index in [1.807, 2.05) is 20.9 Å². The van der Waals surface area contributed by atoms with Crippen LogP contribution in [0.1, 0.15) is 25.7 Å². The van der Waals surface area contributed by atoms with Crippen LogP contribution in [0.3, 0.4) is 0 Å². The van der Waals surface area contributed by atoms with Gasteiger partial charge in [0.25, 0.3) is 5.56 Å². The summed E-state index contributed by atoms with van der Waals surface area (Å²) in [7, 11) is 1.82. The summed E-state index contributed by atoms with van der Waals surface area (Å²) in [6.45, 7) is 4.34. The molecule has 108 valence electrons. The van der Waals surface area contributed by atoms with Crippen LogP contribution in [0.4, 0.5) is 5.69 Å². The van der Waals surface area contributed by atoms with Crippen LogP contribution in [-0.4, -0.2) is 31.1 Å². The molecule has 0 aliphatic carbocycles. The standard InChI is InChI=1S/C12H17ClN6O/c1-8(2)19-12(20)11(13)9(6-16-19)14-5-4-10-15-7-18(3)17-10/h6-8,14H,4-5H2,1-3H3. The van der Waals surface area contributed by atoms with Gasteiger partial charge in [-0.05, 0) is 13.8 Å². The highest BCUT2D eigenvalue weighted by atomic mass is 35.5. The molecule has 0 aliphatic rings. The van der Waals surface area contributed by atoms with Gasteiger partial charge in [-0.25, -0.2) is 9.67 Å². The highest BCUT2D eigenvalue weighted by Gasteiger charge is 2.11. The molecule has 20 heavy (non-hydrogen) atoms. The van der Waals surface area contributed by atoms with E-state index >= 15 is 0 Å². The minimum atomic E-state index is -0.289. The Bertz CT molecular complexity index is 648. The summed E-state index contributed by atoms with van der Waals surface area (Å²) in [5.41, 5.74) is 0.243. The van der Waals surface area contributed by atoms with Crippen LogP contribution in [0.25, 0.3) is 0 Å². The van der Waals surface area contributed by atoms with E-state index in [-0.39, 0.29) is 16.6 Å². The third-order valence-corrected chi connectivity index (χ3v) is 3.11. The Morgan fingerprint density at radius 3 is 2.80 bits per heavy atom. The van der Waals surface area contributed by atoms with Crippen molar-refractivity contribution in [2.45, 2.75) is 26.3 Å². The van der Waals surface area contributed by atoms with Crippen LogP contribution in [0.5, 0.6) is 0 Å². The quantitative estimate of drug-likeness (QED) is 0.899. The SMILES string of the molecule is CC(C)n1ncc(NCCc2ncn(C)n2)c(Cl)c1=O. The highest BCUT2D eigenvalue weighted by molar-refractivity contribution is 6.32. The molecule has 2 aromatic heterocycles. The molecule has 2 heterocycles. The zero-order valence-electron chi connectivity index (χ0n) is 11.7. The summed E-state index contributed by atoms with van der Waals surface area (Å²) < 4.78 is 3.00. The Balaban J connectivity index is 2.03. The van der Waals surface area contributed by atoms with E-state index in [1.54, 1.807) is 17.2 Å². The summed E-state index contributed by atoms with van der Waals surface area (Å²) >= 11 is 6.06. The molecule has 0 spiro atoms. The minimum absolute atomic E-state index is 0.0215. The van der Waals surface area contributed by atoms with Gasteiger partial charge in [0.15, 0.2) is 5.82 Å². The number of aryl methyl sites for hydroxylation is 1. The predicted molar refractivity (Wildman–Crippen MR) is 77.1 cm³/mol. The summed E-state index contributed by atoms with van der Waals surface area (Å²) in [6, 6.07) is -0.0215. The fourth-order valence-corrected chi connectivity index (χ4v) is 1.95. The summed E-state index contributed by atoms with van der Waals surface area (Å²) in [4.78, 5) is 16.1. The number of halogens is 1. The first-order valence-electron chi connectivity index (χ1n) is 6.34. The van der Waals surface area contributed by atoms with E-state index in [1.165, 1.54) is 4.68 Å². The lowest BCUT2D eigenvalue weighted by atomic mass is 10.3. The predicted octanol–water partition coefficient (Wildman–Crippen LogP) is 1.26. The first-order valence-corrected chi connectivity index (χ1v) is 6.72. The topological polar surface area (TPSA) is 77.6 Å². The van der Waals surface area contributed by atoms with Crippen LogP contribution in [0.15, 0.2) is 17.3 Å². The van der Waals surface area contributed by atoms with Crippen LogP contribution < -0.4 is 10.9 Å². The maximum atomic E-state index is 12.0. The zero-order valence-corrected chi connectivity index (χ0v) is 12.4. The van der Waals surface area contributed by atoms with E-state index < -0.39 is 0 Å². The largest absolute Gasteiger partial charge is 0.382 e. The van der Waals surface area contributed by atoms with Crippen LogP contribution >= 0.6 is 11.6 Å². The second kappa shape index (κ2) is 6.04. The molecule has 0 saturated carbocycles. The first kappa shape index (κ1) is 14.5. The number of nitrogens with one attached hydrogen (secondary N) is 1. The molecule has 0 aliphatic heterocycles. The van der Waals surface area contributed by atoms with E-state index in [0.29, 0.717) is 18.7 Å². The molecule has 0 bridgehead atoms. The van der Waals surface area contributed by atoms with Gasteiger partial charge in [-0.1, -0.05) is 11.6 Å². The highest BCUT2D eigenvalue weighted by Crippen LogP contribution is 2.16. The van der Waals surface area contributed by atoms with Crippen molar-refractivity contribution in [2.24, 2.45) is 7.05 Å². The first-order chi connectivity index (χ1) is 9.49. The summed E-state index contributed by atoms with van der Waals surface area (Å²) in [6.07, 6.45) is 3.85. The third kappa shape index (κ3) is 3.16. The Labute approximate surface area is 121 Å². The van der Waals surface area contributed by atoms with E-state index in [2.05, 4.69) is 20.5 Å². The number of anilines is 1. The van der Waals surface area contributed by atoms with Crippen molar-refractivity contribution in [3.05, 3.63) is 33.7 Å². The van der Waals surface area contributed by atoms with Crippen molar-refractivity contribution in [3.8, 4) is 0 Å². The molecule has 8 heteroatoms. The maximum Gasteiger partial charge on any atom is 0.287 e. The van der Waals surface area contributed by atoms with Crippen molar-refractivity contribution in [1.82, 2.24) is 24.5 Å². The van der Waals surface area contributed by atoms with E-state index in [0.717, 1.165) is 5.82 Å². The van der Waals surface area contributed by atoms with Gasteiger partial charge in [0.1, 0.15) is 11.3 Å². The minimum Gasteiger partial charge on any atom is -0.382 e. The van der Waals surface area contributed by atoms with Gasteiger partial charge in [-0.3, -0.25) is 9.48 Å². The van der Waals surface area contributed by atoms with Crippen molar-refractivity contribution in [1.29, 1.82) is 0 Å². The molecule has 0 amide bonds. The lowest BCUT2D eigenvalue weighted by Gasteiger charge is -2.11. The molecule has 7 nitrogen and oxygen atoms in total. The van der Waals surface area contributed by atoms with Crippen LogP contribution in [0.2, 0.25) is 5.02 Å². The Hall–Kier alpha value is -1.89. The van der Waals surface area contributed by atoms with E-state index in [4.69, 9.17) is 11.6 Å². The molecule has 0 unspecified atom stereocenters. The molecule has 0 saturated heterocycles. The van der Waals surface area contributed by atoms with E-state index in [9.17, 15) is 4.79 Å². The zero-order chi connectivity index (χ0) is 14.7. The fourth-order valence-electron chi connectivity index (χ4n) is 1.74. The molecule has 0 fully saturated rings. The monoisotopic (exact) mass is 296 g/mol. The summed E-state index contributed by atoms with van der Waals surface area (Å²) in [5, 5.41) is 11.5. The molecule has 0 aromatic carbocycles. The van der Waals surface area contributed by atoms with Gasteiger partial charge in [-0.2, -0.15) is 10.2 Å². The second-order valence-corrected chi connectivity index (χ2v) is 5.10. The number of hydrogen-bond acceptors (Lipinski definition) is 5.